The van der Waals surface area contributed by atoms with Gasteiger partial charge in [-0.25, -0.2) is 4.90 Å². The predicted molar refractivity (Wildman–Crippen MR) is 128 cm³/mol. The van der Waals surface area contributed by atoms with Gasteiger partial charge in [-0.3, -0.25) is 9.59 Å². The molecule has 1 N–H and O–H groups in total. The van der Waals surface area contributed by atoms with Crippen LogP contribution in [0.5, 0.6) is 5.75 Å². The van der Waals surface area contributed by atoms with E-state index in [9.17, 15) is 9.59 Å². The number of amides is 2. The summed E-state index contributed by atoms with van der Waals surface area (Å²) in [6.45, 7) is 1.98. The summed E-state index contributed by atoms with van der Waals surface area (Å²) in [6.07, 6.45) is 0. The molecule has 0 radical (unpaired) electrons. The lowest BCUT2D eigenvalue weighted by Crippen LogP contribution is -2.32. The molecule has 1 aliphatic heterocycles. The van der Waals surface area contributed by atoms with Crippen molar-refractivity contribution in [2.24, 2.45) is 0 Å². The number of rotatable bonds is 6. The summed E-state index contributed by atoms with van der Waals surface area (Å²) in [5.74, 6) is -0.0803. The Bertz CT molecular complexity index is 1200. The molecule has 0 bridgehead atoms. The van der Waals surface area contributed by atoms with Crippen LogP contribution in [0.25, 0.3) is 5.57 Å². The molecule has 0 spiro atoms. The lowest BCUT2D eigenvalue weighted by molar-refractivity contribution is -0.120. The molecule has 3 aromatic carbocycles. The van der Waals surface area contributed by atoms with Crippen LogP contribution in [-0.4, -0.2) is 33.0 Å². The summed E-state index contributed by atoms with van der Waals surface area (Å²) in [4.78, 5) is 30.2. The van der Waals surface area contributed by atoms with Gasteiger partial charge in [-0.15, -0.1) is 0 Å². The van der Waals surface area contributed by atoms with Crippen LogP contribution >= 0.6 is 0 Å². The predicted octanol–water partition coefficient (Wildman–Crippen LogP) is 4.47. The molecule has 6 heteroatoms. The van der Waals surface area contributed by atoms with Gasteiger partial charge in [0.25, 0.3) is 11.8 Å². The number of nitrogens with one attached hydrogen (secondary N) is 1. The van der Waals surface area contributed by atoms with Crippen molar-refractivity contribution in [2.75, 3.05) is 36.3 Å². The second kappa shape index (κ2) is 8.59. The Kier molecular flexibility index (Phi) is 5.69. The highest BCUT2D eigenvalue weighted by atomic mass is 16.5. The average molecular weight is 428 g/mol. The molecule has 3 aromatic rings. The van der Waals surface area contributed by atoms with E-state index in [1.807, 2.05) is 62.3 Å². The molecular formula is C26H25N3O3. The molecule has 32 heavy (non-hydrogen) atoms. The lowest BCUT2D eigenvalue weighted by atomic mass is 10.0. The summed E-state index contributed by atoms with van der Waals surface area (Å²) in [5.41, 5.74) is 4.53. The number of aryl methyl sites for hydroxylation is 1. The normalized spacial score (nSPS) is 13.6. The average Bonchev–Trinajstić information content (AvgIpc) is 3.03. The Morgan fingerprint density at radius 3 is 2.16 bits per heavy atom. The number of hydrogen-bond donors (Lipinski definition) is 1. The van der Waals surface area contributed by atoms with Crippen molar-refractivity contribution < 1.29 is 14.3 Å². The number of benzene rings is 3. The molecule has 1 aliphatic rings. The summed E-state index contributed by atoms with van der Waals surface area (Å²) in [7, 11) is 5.46. The zero-order valence-electron chi connectivity index (χ0n) is 18.5. The first-order valence-electron chi connectivity index (χ1n) is 10.3. The molecule has 0 fully saturated rings. The largest absolute Gasteiger partial charge is 0.497 e. The van der Waals surface area contributed by atoms with Crippen molar-refractivity contribution in [1.29, 1.82) is 0 Å². The Labute approximate surface area is 187 Å². The van der Waals surface area contributed by atoms with E-state index in [4.69, 9.17) is 4.74 Å². The first-order valence-corrected chi connectivity index (χ1v) is 10.3. The fourth-order valence-corrected chi connectivity index (χ4v) is 3.67. The van der Waals surface area contributed by atoms with Gasteiger partial charge in [0.05, 0.1) is 18.4 Å². The Hall–Kier alpha value is -4.06. The highest BCUT2D eigenvalue weighted by Gasteiger charge is 2.40. The number of hydrogen-bond acceptors (Lipinski definition) is 5. The van der Waals surface area contributed by atoms with E-state index in [-0.39, 0.29) is 17.5 Å². The van der Waals surface area contributed by atoms with Crippen LogP contribution in [0.1, 0.15) is 11.1 Å². The minimum atomic E-state index is -0.389. The van der Waals surface area contributed by atoms with Crippen molar-refractivity contribution in [1.82, 2.24) is 0 Å². The van der Waals surface area contributed by atoms with Crippen molar-refractivity contribution in [2.45, 2.75) is 6.92 Å². The number of imide groups is 1. The van der Waals surface area contributed by atoms with Crippen molar-refractivity contribution in [3.8, 4) is 5.75 Å². The summed E-state index contributed by atoms with van der Waals surface area (Å²) in [6, 6.07) is 22.2. The molecule has 0 aliphatic carbocycles. The van der Waals surface area contributed by atoms with E-state index < -0.39 is 0 Å². The molecule has 0 saturated heterocycles. The van der Waals surface area contributed by atoms with Gasteiger partial charge in [-0.1, -0.05) is 24.3 Å². The van der Waals surface area contributed by atoms with E-state index in [1.54, 1.807) is 43.5 Å². The van der Waals surface area contributed by atoms with Gasteiger partial charge in [0.1, 0.15) is 11.4 Å². The minimum absolute atomic E-state index is 0.252. The van der Waals surface area contributed by atoms with Gasteiger partial charge >= 0.3 is 0 Å². The van der Waals surface area contributed by atoms with Crippen molar-refractivity contribution >= 4 is 34.4 Å². The third-order valence-corrected chi connectivity index (χ3v) is 5.37. The SMILES string of the molecule is COc1ccc(C2=C(Nc3cccc(C)c3)C(=O)N(c3ccc(N(C)C)cc3)C2=O)cc1. The zero-order chi connectivity index (χ0) is 22.8. The smallest absolute Gasteiger partial charge is 0.282 e. The van der Waals surface area contributed by atoms with Crippen LogP contribution in [0, 0.1) is 6.92 Å². The molecule has 1 heterocycles. The topological polar surface area (TPSA) is 61.9 Å². The molecule has 162 valence electrons. The molecule has 0 atom stereocenters. The van der Waals surface area contributed by atoms with E-state index >= 15 is 0 Å². The minimum Gasteiger partial charge on any atom is -0.497 e. The molecule has 0 saturated carbocycles. The summed E-state index contributed by atoms with van der Waals surface area (Å²) < 4.78 is 5.24. The Morgan fingerprint density at radius 2 is 1.56 bits per heavy atom. The number of anilines is 3. The molecule has 0 unspecified atom stereocenters. The maximum absolute atomic E-state index is 13.5. The quantitative estimate of drug-likeness (QED) is 0.589. The van der Waals surface area contributed by atoms with Crippen LogP contribution in [0.2, 0.25) is 0 Å². The van der Waals surface area contributed by atoms with Crippen LogP contribution in [0.15, 0.2) is 78.5 Å². The monoisotopic (exact) mass is 427 g/mol. The van der Waals surface area contributed by atoms with Crippen molar-refractivity contribution in [3.63, 3.8) is 0 Å². The Morgan fingerprint density at radius 1 is 0.875 bits per heavy atom. The van der Waals surface area contributed by atoms with Crippen molar-refractivity contribution in [3.05, 3.63) is 89.6 Å². The van der Waals surface area contributed by atoms with Crippen LogP contribution in [-0.2, 0) is 9.59 Å². The summed E-state index contributed by atoms with van der Waals surface area (Å²) in [5, 5.41) is 3.20. The highest BCUT2D eigenvalue weighted by Crippen LogP contribution is 2.35. The fraction of sp³-hybridized carbons (Fsp3) is 0.154. The number of ether oxygens (including phenoxy) is 1. The molecule has 2 amide bonds. The van der Waals surface area contributed by atoms with E-state index in [0.717, 1.165) is 16.9 Å². The van der Waals surface area contributed by atoms with E-state index in [0.29, 0.717) is 22.6 Å². The first kappa shape index (κ1) is 21.2. The van der Waals surface area contributed by atoms with Crippen LogP contribution in [0.4, 0.5) is 17.1 Å². The first-order chi connectivity index (χ1) is 15.4. The van der Waals surface area contributed by atoms with Gasteiger partial charge in [-0.05, 0) is 66.6 Å². The number of nitrogens with zero attached hydrogens (tertiary/aromatic N) is 2. The third-order valence-electron chi connectivity index (χ3n) is 5.37. The second-order valence-corrected chi connectivity index (χ2v) is 7.83. The Balaban J connectivity index is 1.78. The molecule has 0 aromatic heterocycles. The standard InChI is InChI=1S/C26H25N3O3/c1-17-6-5-7-19(16-17)27-24-23(18-8-14-22(32-4)15-9-18)25(30)29(26(24)31)21-12-10-20(11-13-21)28(2)3/h5-16,27H,1-4H3. The van der Waals surface area contributed by atoms with Crippen LogP contribution < -0.4 is 19.9 Å². The third kappa shape index (κ3) is 3.95. The lowest BCUT2D eigenvalue weighted by Gasteiger charge is -2.18. The zero-order valence-corrected chi connectivity index (χ0v) is 18.5. The maximum Gasteiger partial charge on any atom is 0.282 e. The number of methoxy groups -OCH3 is 1. The molecule has 4 rings (SSSR count). The van der Waals surface area contributed by atoms with E-state index in [2.05, 4.69) is 5.32 Å². The van der Waals surface area contributed by atoms with Gasteiger partial charge in [0, 0.05) is 25.5 Å². The maximum atomic E-state index is 13.5. The second-order valence-electron chi connectivity index (χ2n) is 7.83. The fourth-order valence-electron chi connectivity index (χ4n) is 3.67. The van der Waals surface area contributed by atoms with Gasteiger partial charge in [-0.2, -0.15) is 0 Å². The van der Waals surface area contributed by atoms with Gasteiger partial charge in [0.15, 0.2) is 0 Å². The molecular weight excluding hydrogens is 402 g/mol. The van der Waals surface area contributed by atoms with Crippen LogP contribution in [0.3, 0.4) is 0 Å². The van der Waals surface area contributed by atoms with E-state index in [1.165, 1.54) is 4.90 Å². The number of carbonyl (C=O) groups is 2. The number of carbonyl (C=O) groups excluding carboxylic acids is 2. The molecule has 6 nitrogen and oxygen atoms in total. The summed E-state index contributed by atoms with van der Waals surface area (Å²) >= 11 is 0. The highest BCUT2D eigenvalue weighted by molar-refractivity contribution is 6.46. The van der Waals surface area contributed by atoms with Gasteiger partial charge in [0.2, 0.25) is 0 Å². The van der Waals surface area contributed by atoms with Gasteiger partial charge < -0.3 is 15.0 Å².